The van der Waals surface area contributed by atoms with Crippen molar-refractivity contribution in [2.24, 2.45) is 5.92 Å². The van der Waals surface area contributed by atoms with E-state index in [0.717, 1.165) is 12.8 Å². The third-order valence-electron chi connectivity index (χ3n) is 5.57. The predicted octanol–water partition coefficient (Wildman–Crippen LogP) is 3.64. The molecular formula is C23H37N3O6. The molecule has 2 atom stereocenters. The van der Waals surface area contributed by atoms with E-state index in [1.165, 1.54) is 7.11 Å². The molecule has 1 saturated heterocycles. The van der Waals surface area contributed by atoms with Crippen LogP contribution in [-0.4, -0.2) is 58.5 Å². The maximum atomic E-state index is 13.0. The van der Waals surface area contributed by atoms with Crippen molar-refractivity contribution in [3.05, 3.63) is 34.5 Å². The van der Waals surface area contributed by atoms with Crippen LogP contribution < -0.4 is 5.56 Å². The Hall–Kier alpha value is -2.39. The van der Waals surface area contributed by atoms with Crippen LogP contribution in [0.3, 0.4) is 0 Å². The Balaban J connectivity index is 2.50. The van der Waals surface area contributed by atoms with Gasteiger partial charge >= 0.3 is 6.09 Å². The number of aromatic nitrogens is 2. The first-order valence-corrected chi connectivity index (χ1v) is 11.0. The fourth-order valence-corrected chi connectivity index (χ4v) is 3.68. The fourth-order valence-electron chi connectivity index (χ4n) is 3.68. The Labute approximate surface area is 189 Å². The van der Waals surface area contributed by atoms with Gasteiger partial charge in [0.25, 0.3) is 5.56 Å². The highest BCUT2D eigenvalue weighted by molar-refractivity contribution is 5.68. The molecule has 32 heavy (non-hydrogen) atoms. The first kappa shape index (κ1) is 25.9. The molecule has 2 heterocycles. The van der Waals surface area contributed by atoms with Crippen LogP contribution in [0, 0.1) is 5.92 Å². The van der Waals surface area contributed by atoms with E-state index in [1.807, 2.05) is 13.0 Å². The van der Waals surface area contributed by atoms with Crippen LogP contribution in [0.1, 0.15) is 71.4 Å². The molecule has 0 spiro atoms. The lowest BCUT2D eigenvalue weighted by atomic mass is 9.95. The van der Waals surface area contributed by atoms with Crippen molar-refractivity contribution in [3.63, 3.8) is 0 Å². The van der Waals surface area contributed by atoms with Crippen molar-refractivity contribution < 1.29 is 24.1 Å². The summed E-state index contributed by atoms with van der Waals surface area (Å²) in [5.74, 6) is 0.114. The van der Waals surface area contributed by atoms with E-state index in [9.17, 15) is 14.7 Å². The molecule has 2 rings (SSSR count). The number of nitrogens with zero attached hydrogens (tertiary/aromatic N) is 2. The minimum Gasteiger partial charge on any atom is -0.502 e. The molecule has 2 N–H and O–H groups in total. The molecule has 1 aromatic heterocycles. The lowest BCUT2D eigenvalue weighted by Crippen LogP contribution is -2.50. The van der Waals surface area contributed by atoms with Gasteiger partial charge in [-0.25, -0.2) is 9.78 Å². The molecule has 1 amide bonds. The summed E-state index contributed by atoms with van der Waals surface area (Å²) in [5, 5.41) is 10.4. The highest BCUT2D eigenvalue weighted by Crippen LogP contribution is 2.36. The van der Waals surface area contributed by atoms with Gasteiger partial charge in [-0.1, -0.05) is 13.0 Å². The Morgan fingerprint density at radius 2 is 2.06 bits per heavy atom. The average molecular weight is 452 g/mol. The first-order valence-electron chi connectivity index (χ1n) is 11.0. The monoisotopic (exact) mass is 451 g/mol. The topological polar surface area (TPSA) is 114 Å². The maximum Gasteiger partial charge on any atom is 0.410 e. The number of amides is 1. The number of allylic oxidation sites excluding steroid dienone is 1. The zero-order valence-electron chi connectivity index (χ0n) is 20.1. The summed E-state index contributed by atoms with van der Waals surface area (Å²) in [4.78, 5) is 34.4. The normalized spacial score (nSPS) is 17.2. The molecule has 2 unspecified atom stereocenters. The van der Waals surface area contributed by atoms with Gasteiger partial charge in [-0.15, -0.1) is 6.58 Å². The van der Waals surface area contributed by atoms with E-state index in [1.54, 1.807) is 25.7 Å². The summed E-state index contributed by atoms with van der Waals surface area (Å²) >= 11 is 0. The zero-order chi connectivity index (χ0) is 24.1. The number of rotatable bonds is 10. The molecule has 180 valence electrons. The second-order valence-electron chi connectivity index (χ2n) is 9.33. The molecule has 1 aliphatic rings. The van der Waals surface area contributed by atoms with Crippen molar-refractivity contribution in [2.75, 3.05) is 26.9 Å². The predicted molar refractivity (Wildman–Crippen MR) is 121 cm³/mol. The van der Waals surface area contributed by atoms with Gasteiger partial charge in [0.05, 0.1) is 19.3 Å². The van der Waals surface area contributed by atoms with Crippen LogP contribution in [-0.2, 0) is 19.8 Å². The summed E-state index contributed by atoms with van der Waals surface area (Å²) in [5.41, 5.74) is -2.22. The molecule has 0 aliphatic carbocycles. The molecule has 0 radical (unpaired) electrons. The van der Waals surface area contributed by atoms with Gasteiger partial charge in [0.1, 0.15) is 17.1 Å². The van der Waals surface area contributed by atoms with Crippen LogP contribution >= 0.6 is 0 Å². The first-order chi connectivity index (χ1) is 15.0. The summed E-state index contributed by atoms with van der Waals surface area (Å²) in [7, 11) is 1.48. The number of nitrogens with one attached hydrogen (secondary N) is 1. The lowest BCUT2D eigenvalue weighted by molar-refractivity contribution is -0.205. The van der Waals surface area contributed by atoms with Gasteiger partial charge in [0.2, 0.25) is 5.75 Å². The van der Waals surface area contributed by atoms with Gasteiger partial charge in [0, 0.05) is 13.7 Å². The summed E-state index contributed by atoms with van der Waals surface area (Å²) < 4.78 is 16.4. The molecule has 1 aliphatic heterocycles. The van der Waals surface area contributed by atoms with Crippen LogP contribution in [0.15, 0.2) is 17.4 Å². The van der Waals surface area contributed by atoms with Crippen LogP contribution in [0.25, 0.3) is 0 Å². The lowest BCUT2D eigenvalue weighted by Gasteiger charge is -2.40. The van der Waals surface area contributed by atoms with Crippen LogP contribution in [0.5, 0.6) is 5.75 Å². The van der Waals surface area contributed by atoms with Gasteiger partial charge < -0.3 is 24.3 Å². The molecule has 0 saturated carbocycles. The van der Waals surface area contributed by atoms with E-state index in [0.29, 0.717) is 18.9 Å². The number of hydrogen-bond donors (Lipinski definition) is 2. The number of aromatic hydroxyl groups is 1. The Morgan fingerprint density at radius 1 is 1.41 bits per heavy atom. The maximum absolute atomic E-state index is 13.0. The smallest absolute Gasteiger partial charge is 0.410 e. The average Bonchev–Trinajstić information content (AvgIpc) is 2.66. The number of H-pyrrole nitrogens is 1. The van der Waals surface area contributed by atoms with E-state index in [2.05, 4.69) is 23.5 Å². The number of carbonyl (C=O) groups excluding carboxylic acids is 1. The second kappa shape index (κ2) is 10.5. The number of aromatic amines is 1. The molecule has 9 heteroatoms. The number of ether oxygens (including phenoxy) is 3. The van der Waals surface area contributed by atoms with Crippen molar-refractivity contribution in [1.82, 2.24) is 14.9 Å². The van der Waals surface area contributed by atoms with E-state index >= 15 is 0 Å². The molecular weight excluding hydrogens is 414 g/mol. The van der Waals surface area contributed by atoms with E-state index in [4.69, 9.17) is 14.2 Å². The third-order valence-corrected chi connectivity index (χ3v) is 5.57. The fraction of sp³-hybridized carbons (Fsp3) is 0.696. The Kier molecular flexibility index (Phi) is 8.47. The SMILES string of the molecule is C=CCC(C)CCC(c1nc(C2(OC)COC2)c(O)c(=O)[nH]1)N(CC)C(=O)OC(C)(C)C. The number of methoxy groups -OCH3 is 1. The van der Waals surface area contributed by atoms with Gasteiger partial charge in [-0.05, 0) is 52.9 Å². The summed E-state index contributed by atoms with van der Waals surface area (Å²) in [6.07, 6.45) is 3.52. The molecule has 0 bridgehead atoms. The van der Waals surface area contributed by atoms with Crippen molar-refractivity contribution in [3.8, 4) is 5.75 Å². The van der Waals surface area contributed by atoms with Crippen LogP contribution in [0.4, 0.5) is 4.79 Å². The number of hydrogen-bond acceptors (Lipinski definition) is 7. The highest BCUT2D eigenvalue weighted by atomic mass is 16.6. The Bertz CT molecular complexity index is 851. The molecule has 9 nitrogen and oxygen atoms in total. The summed E-state index contributed by atoms with van der Waals surface area (Å²) in [6, 6.07) is -0.552. The minimum absolute atomic E-state index is 0.120. The van der Waals surface area contributed by atoms with Gasteiger partial charge in [-0.2, -0.15) is 0 Å². The van der Waals surface area contributed by atoms with Crippen molar-refractivity contribution >= 4 is 6.09 Å². The van der Waals surface area contributed by atoms with Crippen molar-refractivity contribution in [2.45, 2.75) is 71.1 Å². The summed E-state index contributed by atoms with van der Waals surface area (Å²) in [6.45, 7) is 13.9. The Morgan fingerprint density at radius 3 is 2.53 bits per heavy atom. The second-order valence-corrected chi connectivity index (χ2v) is 9.33. The van der Waals surface area contributed by atoms with E-state index < -0.39 is 34.6 Å². The van der Waals surface area contributed by atoms with Crippen LogP contribution in [0.2, 0.25) is 0 Å². The minimum atomic E-state index is -0.989. The zero-order valence-corrected chi connectivity index (χ0v) is 20.1. The van der Waals surface area contributed by atoms with E-state index in [-0.39, 0.29) is 24.7 Å². The third kappa shape index (κ3) is 5.89. The standard InChI is InChI=1S/C23H37N3O6/c1-8-10-15(3)11-12-16(26(9-2)21(29)32-22(4,5)6)19-24-18(17(27)20(28)25-19)23(30-7)13-31-14-23/h8,15-16,27H,1,9-14H2,2-7H3,(H,24,25,28). The largest absolute Gasteiger partial charge is 0.502 e. The van der Waals surface area contributed by atoms with Crippen molar-refractivity contribution in [1.29, 1.82) is 0 Å². The molecule has 1 aromatic rings. The van der Waals surface area contributed by atoms with Gasteiger partial charge in [-0.3, -0.25) is 9.69 Å². The van der Waals surface area contributed by atoms with Gasteiger partial charge in [0.15, 0.2) is 5.60 Å². The molecule has 1 fully saturated rings. The highest BCUT2D eigenvalue weighted by Gasteiger charge is 2.45. The molecule has 0 aromatic carbocycles. The quantitative estimate of drug-likeness (QED) is 0.522. The number of carbonyl (C=O) groups is 1.